The third-order valence-electron chi connectivity index (χ3n) is 10.1. The molecular formula is C27H34O9. The number of cyclic esters (lactones) is 1. The van der Waals surface area contributed by atoms with Crippen LogP contribution in [0.5, 0.6) is 0 Å². The van der Waals surface area contributed by atoms with Gasteiger partial charge in [-0.3, -0.25) is 9.59 Å². The fourth-order valence-electron chi connectivity index (χ4n) is 7.74. The molecule has 4 aliphatic rings. The van der Waals surface area contributed by atoms with Crippen LogP contribution in [0.4, 0.5) is 0 Å². The van der Waals surface area contributed by atoms with Crippen molar-refractivity contribution < 1.29 is 42.9 Å². The van der Waals surface area contributed by atoms with E-state index in [-0.39, 0.29) is 6.42 Å². The van der Waals surface area contributed by atoms with Gasteiger partial charge in [0.1, 0.15) is 23.7 Å². The quantitative estimate of drug-likeness (QED) is 0.374. The second-order valence-electron chi connectivity index (χ2n) is 11.2. The minimum atomic E-state index is -1.27. The van der Waals surface area contributed by atoms with Crippen molar-refractivity contribution in [2.75, 3.05) is 0 Å². The van der Waals surface area contributed by atoms with Gasteiger partial charge in [0, 0.05) is 41.2 Å². The molecular weight excluding hydrogens is 468 g/mol. The fraction of sp³-hybridized carbons (Fsp3) is 0.667. The van der Waals surface area contributed by atoms with Gasteiger partial charge < -0.3 is 28.5 Å². The summed E-state index contributed by atoms with van der Waals surface area (Å²) in [7, 11) is 0. The molecule has 3 heterocycles. The number of aliphatic hydroxyl groups excluding tert-OH is 1. The number of ether oxygens (including phenoxy) is 4. The van der Waals surface area contributed by atoms with Gasteiger partial charge in [-0.05, 0) is 32.8 Å². The van der Waals surface area contributed by atoms with E-state index in [9.17, 15) is 19.5 Å². The van der Waals surface area contributed by atoms with Crippen LogP contribution in [0.1, 0.15) is 72.5 Å². The highest BCUT2D eigenvalue weighted by molar-refractivity contribution is 5.88. The van der Waals surface area contributed by atoms with Gasteiger partial charge >= 0.3 is 17.9 Å². The van der Waals surface area contributed by atoms with E-state index in [1.807, 2.05) is 20.8 Å². The topological polar surface area (TPSA) is 122 Å². The molecule has 1 aromatic rings. The summed E-state index contributed by atoms with van der Waals surface area (Å²) in [6.45, 7) is 10.3. The molecule has 2 aliphatic heterocycles. The van der Waals surface area contributed by atoms with Crippen molar-refractivity contribution in [1.29, 1.82) is 0 Å². The minimum Gasteiger partial charge on any atom is -0.472 e. The van der Waals surface area contributed by atoms with Crippen LogP contribution >= 0.6 is 0 Å². The van der Waals surface area contributed by atoms with Crippen molar-refractivity contribution in [3.8, 4) is 0 Å². The zero-order valence-electron chi connectivity index (χ0n) is 21.5. The van der Waals surface area contributed by atoms with E-state index in [0.717, 1.165) is 0 Å². The van der Waals surface area contributed by atoms with Crippen LogP contribution < -0.4 is 0 Å². The Balaban J connectivity index is 1.72. The highest BCUT2D eigenvalue weighted by Crippen LogP contribution is 2.79. The minimum absolute atomic E-state index is 0.244. The summed E-state index contributed by atoms with van der Waals surface area (Å²) in [5.74, 6) is -2.23. The van der Waals surface area contributed by atoms with E-state index in [2.05, 4.69) is 0 Å². The maximum atomic E-state index is 14.0. The Kier molecular flexibility index (Phi) is 5.51. The standard InChI is InChI=1S/C27H34O9/c1-7-14(2)21(29)35-19-15(3)26(12-18(34-23(26)31)17-8-11-32-13-17)27-10-9-24(5,22(30)36-27)25(27,6)20(19)33-16(4)28/h7-8,11,13,15,18-20,22,30H,9-10,12H2,1-6H3/b14-7-/t15-,18-,19-,20-,22+,24+,25-,26+,27+/m1/s1. The van der Waals surface area contributed by atoms with E-state index in [1.165, 1.54) is 13.2 Å². The van der Waals surface area contributed by atoms with Crippen LogP contribution in [-0.4, -0.2) is 47.1 Å². The summed E-state index contributed by atoms with van der Waals surface area (Å²) in [5.41, 5.74) is -3.30. The molecule has 0 unspecified atom stereocenters. The van der Waals surface area contributed by atoms with Crippen molar-refractivity contribution >= 4 is 17.9 Å². The number of carbonyl (C=O) groups is 3. The predicted octanol–water partition coefficient (Wildman–Crippen LogP) is 3.61. The van der Waals surface area contributed by atoms with Crippen LogP contribution in [0.15, 0.2) is 34.7 Å². The second-order valence-corrected chi connectivity index (χ2v) is 11.2. The number of hydrogen-bond donors (Lipinski definition) is 1. The first-order chi connectivity index (χ1) is 16.9. The molecule has 0 aromatic carbocycles. The lowest BCUT2D eigenvalue weighted by molar-refractivity contribution is -0.281. The molecule has 1 aromatic heterocycles. The van der Waals surface area contributed by atoms with Crippen LogP contribution in [-0.2, 0) is 33.3 Å². The van der Waals surface area contributed by atoms with Gasteiger partial charge in [0.05, 0.1) is 18.1 Å². The summed E-state index contributed by atoms with van der Waals surface area (Å²) >= 11 is 0. The number of esters is 3. The van der Waals surface area contributed by atoms with Crippen molar-refractivity contribution in [3.05, 3.63) is 35.8 Å². The zero-order valence-corrected chi connectivity index (χ0v) is 21.5. The molecule has 2 saturated carbocycles. The molecule has 0 radical (unpaired) electrons. The van der Waals surface area contributed by atoms with Crippen LogP contribution in [0.3, 0.4) is 0 Å². The third-order valence-corrected chi connectivity index (χ3v) is 10.1. The Morgan fingerprint density at radius 3 is 2.50 bits per heavy atom. The SMILES string of the molecule is C/C=C(/C)C(=O)O[C@H]1[C@@H](OC(C)=O)[C@@]2(C)[C@@]3(CC[C@@]2(C)[C@@H](O)O3)[C@@]2(C[C@H](c3ccoc3)OC2=O)[C@@H]1C. The van der Waals surface area contributed by atoms with Gasteiger partial charge in [-0.2, -0.15) is 0 Å². The Morgan fingerprint density at radius 2 is 1.92 bits per heavy atom. The normalized spacial score (nSPS) is 45.5. The number of rotatable bonds is 4. The largest absolute Gasteiger partial charge is 0.472 e. The summed E-state index contributed by atoms with van der Waals surface area (Å²) in [4.78, 5) is 39.4. The summed E-state index contributed by atoms with van der Waals surface area (Å²) < 4.78 is 29.6. The maximum absolute atomic E-state index is 14.0. The van der Waals surface area contributed by atoms with E-state index >= 15 is 0 Å². The molecule has 1 spiro atoms. The Hall–Kier alpha value is -2.65. The number of allylic oxidation sites excluding steroid dienone is 1. The molecule has 0 amide bonds. The Labute approximate surface area is 210 Å². The number of hydrogen-bond acceptors (Lipinski definition) is 9. The molecule has 9 heteroatoms. The lowest BCUT2D eigenvalue weighted by Gasteiger charge is -2.61. The van der Waals surface area contributed by atoms with Crippen molar-refractivity contribution in [2.24, 2.45) is 22.2 Å². The highest BCUT2D eigenvalue weighted by atomic mass is 16.6. The average molecular weight is 503 g/mol. The summed E-state index contributed by atoms with van der Waals surface area (Å²) in [6.07, 6.45) is 2.22. The Morgan fingerprint density at radius 1 is 1.19 bits per heavy atom. The lowest BCUT2D eigenvalue weighted by atomic mass is 9.44. The van der Waals surface area contributed by atoms with Gasteiger partial charge in [0.2, 0.25) is 0 Å². The number of furan rings is 1. The molecule has 2 saturated heterocycles. The zero-order chi connectivity index (χ0) is 26.3. The predicted molar refractivity (Wildman–Crippen MR) is 124 cm³/mol. The first-order valence-electron chi connectivity index (χ1n) is 12.5. The van der Waals surface area contributed by atoms with Gasteiger partial charge in [-0.25, -0.2) is 4.79 Å². The molecule has 9 nitrogen and oxygen atoms in total. The van der Waals surface area contributed by atoms with Gasteiger partial charge in [0.25, 0.3) is 0 Å². The number of aliphatic hydroxyl groups is 1. The van der Waals surface area contributed by atoms with E-state index in [1.54, 1.807) is 32.3 Å². The monoisotopic (exact) mass is 502 g/mol. The first kappa shape index (κ1) is 25.0. The van der Waals surface area contributed by atoms with E-state index < -0.39 is 70.3 Å². The van der Waals surface area contributed by atoms with Gasteiger partial charge in [-0.15, -0.1) is 0 Å². The molecule has 9 atom stereocenters. The van der Waals surface area contributed by atoms with Crippen molar-refractivity contribution in [3.63, 3.8) is 0 Å². The molecule has 4 fully saturated rings. The maximum Gasteiger partial charge on any atom is 0.333 e. The molecule has 2 aliphatic carbocycles. The second kappa shape index (κ2) is 7.92. The molecule has 2 bridgehead atoms. The summed E-state index contributed by atoms with van der Waals surface area (Å²) in [5, 5.41) is 11.2. The average Bonchev–Trinajstić information content (AvgIpc) is 3.56. The summed E-state index contributed by atoms with van der Waals surface area (Å²) in [6, 6.07) is 1.75. The van der Waals surface area contributed by atoms with Crippen molar-refractivity contribution in [2.45, 2.75) is 91.0 Å². The third kappa shape index (κ3) is 2.76. The molecule has 5 rings (SSSR count). The molecule has 196 valence electrons. The first-order valence-corrected chi connectivity index (χ1v) is 12.5. The van der Waals surface area contributed by atoms with Crippen LogP contribution in [0, 0.1) is 22.2 Å². The number of carbonyl (C=O) groups excluding carboxylic acids is 3. The van der Waals surface area contributed by atoms with Gasteiger partial charge in [-0.1, -0.05) is 26.8 Å². The van der Waals surface area contributed by atoms with Gasteiger partial charge in [0.15, 0.2) is 6.29 Å². The lowest BCUT2D eigenvalue weighted by Crippen LogP contribution is -2.73. The molecule has 36 heavy (non-hydrogen) atoms. The Bertz CT molecular complexity index is 1120. The fourth-order valence-corrected chi connectivity index (χ4v) is 7.74. The van der Waals surface area contributed by atoms with Crippen LogP contribution in [0.25, 0.3) is 0 Å². The molecule has 1 N–H and O–H groups in total. The van der Waals surface area contributed by atoms with Crippen LogP contribution in [0.2, 0.25) is 0 Å². The highest BCUT2D eigenvalue weighted by Gasteiger charge is 2.89. The smallest absolute Gasteiger partial charge is 0.333 e. The van der Waals surface area contributed by atoms with E-state index in [0.29, 0.717) is 24.0 Å². The van der Waals surface area contributed by atoms with E-state index in [4.69, 9.17) is 23.4 Å². The van der Waals surface area contributed by atoms with Crippen molar-refractivity contribution in [1.82, 2.24) is 0 Å².